The van der Waals surface area contributed by atoms with Crippen LogP contribution in [0, 0.1) is 0 Å². The number of hydrogen-bond donors (Lipinski definition) is 1. The van der Waals surface area contributed by atoms with Gasteiger partial charge in [0.15, 0.2) is 0 Å². The minimum absolute atomic E-state index is 0.110. The van der Waals surface area contributed by atoms with Crippen LogP contribution in [0.15, 0.2) is 0 Å². The number of unbranched alkanes of at least 4 members (excludes halogenated alkanes) is 4. The second-order valence-electron chi connectivity index (χ2n) is 3.03. The number of rotatable bonds is 8. The molecule has 0 aromatic carbocycles. The first-order chi connectivity index (χ1) is 6.13. The van der Waals surface area contributed by atoms with E-state index in [9.17, 15) is 14.7 Å². The summed E-state index contributed by atoms with van der Waals surface area (Å²) in [6.45, 7) is 0. The van der Waals surface area contributed by atoms with E-state index in [1.165, 1.54) is 0 Å². The van der Waals surface area contributed by atoms with Gasteiger partial charge in [-0.1, -0.05) is 19.3 Å². The average molecular weight is 187 g/mol. The molecule has 0 aromatic rings. The Kier molecular flexibility index (Phi) is 6.96. The largest absolute Gasteiger partial charge is 0.481 e. The minimum atomic E-state index is -1.01. The molecule has 13 heavy (non-hydrogen) atoms. The molecule has 4 heteroatoms. The third-order valence-electron chi connectivity index (χ3n) is 1.77. The molecule has 4 nitrogen and oxygen atoms in total. The fourth-order valence-electron chi connectivity index (χ4n) is 1.08. The molecule has 0 aliphatic heterocycles. The Morgan fingerprint density at radius 3 is 1.77 bits per heavy atom. The molecule has 0 heterocycles. The van der Waals surface area contributed by atoms with E-state index in [0.29, 0.717) is 12.8 Å². The summed E-state index contributed by atoms with van der Waals surface area (Å²) in [7, 11) is 0. The molecule has 0 fully saturated rings. The molecular formula is C9H15O4. The summed E-state index contributed by atoms with van der Waals surface area (Å²) in [5.74, 6) is -1.78. The number of carboxylic acids is 1. The van der Waals surface area contributed by atoms with Gasteiger partial charge in [0.25, 0.3) is 0 Å². The van der Waals surface area contributed by atoms with Crippen molar-refractivity contribution in [2.45, 2.75) is 44.9 Å². The van der Waals surface area contributed by atoms with Crippen LogP contribution in [0.1, 0.15) is 44.9 Å². The highest BCUT2D eigenvalue weighted by atomic mass is 16.4. The molecule has 0 unspecified atom stereocenters. The second kappa shape index (κ2) is 7.58. The lowest BCUT2D eigenvalue weighted by Gasteiger charge is -1.97. The Morgan fingerprint density at radius 1 is 0.846 bits per heavy atom. The van der Waals surface area contributed by atoms with Crippen LogP contribution in [0.3, 0.4) is 0 Å². The molecule has 75 valence electrons. The van der Waals surface area contributed by atoms with Crippen molar-refractivity contribution in [3.8, 4) is 0 Å². The van der Waals surface area contributed by atoms with E-state index >= 15 is 0 Å². The van der Waals surface area contributed by atoms with E-state index in [1.807, 2.05) is 0 Å². The van der Waals surface area contributed by atoms with Gasteiger partial charge in [-0.2, -0.15) is 0 Å². The zero-order valence-corrected chi connectivity index (χ0v) is 7.62. The van der Waals surface area contributed by atoms with Gasteiger partial charge in [-0.25, -0.2) is 9.90 Å². The Hall–Kier alpha value is -1.06. The van der Waals surface area contributed by atoms with E-state index in [2.05, 4.69) is 0 Å². The maximum atomic E-state index is 10.1. The number of aliphatic carboxylic acids is 1. The Labute approximate surface area is 77.6 Å². The predicted octanol–water partition coefficient (Wildman–Crippen LogP) is 1.76. The molecule has 1 radical (unpaired) electrons. The lowest BCUT2D eigenvalue weighted by Crippen LogP contribution is -1.94. The Balaban J connectivity index is 3.00. The molecule has 0 aliphatic carbocycles. The van der Waals surface area contributed by atoms with Crippen molar-refractivity contribution in [3.05, 3.63) is 0 Å². The average Bonchev–Trinajstić information content (AvgIpc) is 2.01. The molecule has 0 aliphatic rings. The smallest absolute Gasteiger partial charge is 0.355 e. The first kappa shape index (κ1) is 11.9. The molecule has 1 N–H and O–H groups in total. The summed E-state index contributed by atoms with van der Waals surface area (Å²) in [6, 6.07) is 0. The lowest BCUT2D eigenvalue weighted by molar-refractivity contribution is -0.143. The van der Waals surface area contributed by atoms with E-state index in [-0.39, 0.29) is 12.8 Å². The number of hydrogen-bond acceptors (Lipinski definition) is 2. The first-order valence-corrected chi connectivity index (χ1v) is 4.54. The van der Waals surface area contributed by atoms with Gasteiger partial charge >= 0.3 is 11.9 Å². The minimum Gasteiger partial charge on any atom is -0.481 e. The van der Waals surface area contributed by atoms with Gasteiger partial charge in [0.05, 0.1) is 6.42 Å². The monoisotopic (exact) mass is 187 g/mol. The fourth-order valence-corrected chi connectivity index (χ4v) is 1.08. The molecule has 0 spiro atoms. The third-order valence-corrected chi connectivity index (χ3v) is 1.77. The van der Waals surface area contributed by atoms with Crippen molar-refractivity contribution in [2.75, 3.05) is 0 Å². The van der Waals surface area contributed by atoms with Crippen molar-refractivity contribution >= 4 is 11.9 Å². The van der Waals surface area contributed by atoms with Crippen molar-refractivity contribution in [3.63, 3.8) is 0 Å². The summed E-state index contributed by atoms with van der Waals surface area (Å²) < 4.78 is 0. The molecule has 0 saturated heterocycles. The van der Waals surface area contributed by atoms with Crippen LogP contribution >= 0.6 is 0 Å². The maximum Gasteiger partial charge on any atom is 0.355 e. The normalized spacial score (nSPS) is 9.85. The zero-order chi connectivity index (χ0) is 10.1. The Bertz CT molecular complexity index is 147. The van der Waals surface area contributed by atoms with Crippen molar-refractivity contribution in [1.29, 1.82) is 0 Å². The molecule has 0 bridgehead atoms. The molecule has 0 aromatic heterocycles. The van der Waals surface area contributed by atoms with Crippen molar-refractivity contribution in [1.82, 2.24) is 0 Å². The van der Waals surface area contributed by atoms with E-state index in [0.717, 1.165) is 19.3 Å². The van der Waals surface area contributed by atoms with Gasteiger partial charge in [0, 0.05) is 6.42 Å². The summed E-state index contributed by atoms with van der Waals surface area (Å²) >= 11 is 0. The quantitative estimate of drug-likeness (QED) is 0.588. The summed E-state index contributed by atoms with van der Waals surface area (Å²) in [6.07, 6.45) is 4.24. The van der Waals surface area contributed by atoms with Crippen molar-refractivity contribution < 1.29 is 19.8 Å². The highest BCUT2D eigenvalue weighted by Gasteiger charge is 1.99. The number of carbonyl (C=O) groups is 2. The van der Waals surface area contributed by atoms with Gasteiger partial charge in [-0.05, 0) is 12.8 Å². The summed E-state index contributed by atoms with van der Waals surface area (Å²) in [4.78, 5) is 20.1. The highest BCUT2D eigenvalue weighted by Crippen LogP contribution is 2.06. The van der Waals surface area contributed by atoms with Crippen LogP contribution in [0.25, 0.3) is 0 Å². The van der Waals surface area contributed by atoms with Crippen LogP contribution in [0.4, 0.5) is 0 Å². The van der Waals surface area contributed by atoms with Crippen LogP contribution in [0.5, 0.6) is 0 Å². The highest BCUT2D eigenvalue weighted by molar-refractivity contribution is 5.66. The summed E-state index contributed by atoms with van der Waals surface area (Å²) in [5.41, 5.74) is 0. The molecule has 0 saturated carbocycles. The first-order valence-electron chi connectivity index (χ1n) is 4.54. The van der Waals surface area contributed by atoms with E-state index in [1.54, 1.807) is 0 Å². The van der Waals surface area contributed by atoms with Crippen LogP contribution in [0.2, 0.25) is 0 Å². The predicted molar refractivity (Wildman–Crippen MR) is 45.6 cm³/mol. The van der Waals surface area contributed by atoms with Crippen LogP contribution in [-0.4, -0.2) is 17.0 Å². The molecule has 0 atom stereocenters. The molecular weight excluding hydrogens is 172 g/mol. The van der Waals surface area contributed by atoms with E-state index in [4.69, 9.17) is 5.11 Å². The fraction of sp³-hybridized carbons (Fsp3) is 0.778. The molecule has 0 rings (SSSR count). The van der Waals surface area contributed by atoms with Gasteiger partial charge in [0.2, 0.25) is 0 Å². The maximum absolute atomic E-state index is 10.1. The number of carbonyl (C=O) groups excluding carboxylic acids is 1. The van der Waals surface area contributed by atoms with Gasteiger partial charge in [-0.3, -0.25) is 4.79 Å². The lowest BCUT2D eigenvalue weighted by atomic mass is 10.1. The topological polar surface area (TPSA) is 74.3 Å². The Morgan fingerprint density at radius 2 is 1.31 bits per heavy atom. The zero-order valence-electron chi connectivity index (χ0n) is 7.62. The molecule has 0 amide bonds. The van der Waals surface area contributed by atoms with Gasteiger partial charge in [0.1, 0.15) is 0 Å². The van der Waals surface area contributed by atoms with Crippen LogP contribution < -0.4 is 0 Å². The van der Waals surface area contributed by atoms with Gasteiger partial charge in [-0.15, -0.1) is 0 Å². The SMILES string of the molecule is [O]C(=O)CCCCCCCC(=O)O. The second-order valence-corrected chi connectivity index (χ2v) is 3.03. The third kappa shape index (κ3) is 10.9. The van der Waals surface area contributed by atoms with Crippen LogP contribution in [-0.2, 0) is 14.7 Å². The standard InChI is InChI=1S/C9H15O4/c10-8(11)6-4-2-1-3-5-7-9(12)13/h1-7H2,(H,10,11). The van der Waals surface area contributed by atoms with Gasteiger partial charge < -0.3 is 5.11 Å². The summed E-state index contributed by atoms with van der Waals surface area (Å²) in [5, 5.41) is 18.3. The van der Waals surface area contributed by atoms with Crippen molar-refractivity contribution in [2.24, 2.45) is 0 Å². The van der Waals surface area contributed by atoms with E-state index < -0.39 is 11.9 Å². The number of carboxylic acid groups (broad SMARTS) is 1.